The largest absolute Gasteiger partial charge is 0.490 e. The number of amides is 1. The third-order valence-electron chi connectivity index (χ3n) is 2.23. The molecular formula is C9H9N7O3. The fourth-order valence-electron chi connectivity index (χ4n) is 1.35. The summed E-state index contributed by atoms with van der Waals surface area (Å²) in [6.45, 7) is 0.214. The second kappa shape index (κ2) is 5.18. The van der Waals surface area contributed by atoms with Crippen LogP contribution >= 0.6 is 0 Å². The molecule has 10 nitrogen and oxygen atoms in total. The third-order valence-corrected chi connectivity index (χ3v) is 2.23. The van der Waals surface area contributed by atoms with E-state index in [2.05, 4.69) is 15.1 Å². The van der Waals surface area contributed by atoms with E-state index in [4.69, 9.17) is 5.84 Å². The van der Waals surface area contributed by atoms with Crippen LogP contribution in [0.3, 0.4) is 0 Å². The molecule has 0 aliphatic heterocycles. The quantitative estimate of drug-likeness (QED) is 0.319. The number of aromatic nitrogens is 4. The fraction of sp³-hybridized carbons (Fsp3) is 0.111. The predicted molar refractivity (Wildman–Crippen MR) is 61.7 cm³/mol. The van der Waals surface area contributed by atoms with E-state index >= 15 is 0 Å². The van der Waals surface area contributed by atoms with Crippen molar-refractivity contribution in [3.8, 4) is 0 Å². The van der Waals surface area contributed by atoms with E-state index in [1.54, 1.807) is 6.07 Å². The molecule has 2 aromatic rings. The Morgan fingerprint density at radius 1 is 1.47 bits per heavy atom. The lowest BCUT2D eigenvalue weighted by Gasteiger charge is -2.00. The fourth-order valence-corrected chi connectivity index (χ4v) is 1.35. The van der Waals surface area contributed by atoms with Crippen molar-refractivity contribution in [3.63, 3.8) is 0 Å². The van der Waals surface area contributed by atoms with Crippen LogP contribution < -0.4 is 11.3 Å². The summed E-state index contributed by atoms with van der Waals surface area (Å²) in [5.41, 5.74) is 2.88. The van der Waals surface area contributed by atoms with Crippen molar-refractivity contribution in [2.45, 2.75) is 6.54 Å². The van der Waals surface area contributed by atoms with E-state index in [0.29, 0.717) is 11.3 Å². The van der Waals surface area contributed by atoms with E-state index in [-0.39, 0.29) is 6.54 Å². The number of rotatable bonds is 4. The van der Waals surface area contributed by atoms with E-state index in [1.165, 1.54) is 23.3 Å². The Morgan fingerprint density at radius 2 is 2.26 bits per heavy atom. The number of carbonyl (C=O) groups is 1. The van der Waals surface area contributed by atoms with Crippen LogP contribution in [0.25, 0.3) is 0 Å². The van der Waals surface area contributed by atoms with Crippen molar-refractivity contribution in [3.05, 3.63) is 46.0 Å². The van der Waals surface area contributed by atoms with Crippen molar-refractivity contribution >= 4 is 11.9 Å². The van der Waals surface area contributed by atoms with Crippen molar-refractivity contribution in [1.82, 2.24) is 25.2 Å². The van der Waals surface area contributed by atoms with E-state index in [9.17, 15) is 14.9 Å². The zero-order valence-electron chi connectivity index (χ0n) is 9.55. The molecule has 3 N–H and O–H groups in total. The molecule has 0 spiro atoms. The first-order chi connectivity index (χ1) is 9.10. The second-order valence-electron chi connectivity index (χ2n) is 3.51. The zero-order valence-corrected chi connectivity index (χ0v) is 9.55. The van der Waals surface area contributed by atoms with Gasteiger partial charge in [0.1, 0.15) is 6.54 Å². The molecule has 0 saturated heterocycles. The molecule has 0 unspecified atom stereocenters. The molecule has 1 amide bonds. The number of nitrogens with zero attached hydrogens (tertiary/aromatic N) is 5. The van der Waals surface area contributed by atoms with Gasteiger partial charge in [-0.2, -0.15) is 4.68 Å². The smallest absolute Gasteiger partial charge is 0.390 e. The highest BCUT2D eigenvalue weighted by molar-refractivity contribution is 5.93. The number of pyridine rings is 1. The van der Waals surface area contributed by atoms with Crippen LogP contribution in [0.5, 0.6) is 0 Å². The lowest BCUT2D eigenvalue weighted by atomic mass is 10.2. The lowest BCUT2D eigenvalue weighted by Crippen LogP contribution is -2.30. The van der Waals surface area contributed by atoms with Gasteiger partial charge in [-0.3, -0.25) is 15.2 Å². The minimum atomic E-state index is -0.682. The average Bonchev–Trinajstić information content (AvgIpc) is 2.87. The second-order valence-corrected chi connectivity index (χ2v) is 3.51. The van der Waals surface area contributed by atoms with Gasteiger partial charge in [-0.15, -0.1) is 0 Å². The van der Waals surface area contributed by atoms with Gasteiger partial charge >= 0.3 is 5.95 Å². The van der Waals surface area contributed by atoms with Crippen LogP contribution in [0.4, 0.5) is 5.95 Å². The van der Waals surface area contributed by atoms with Crippen LogP contribution in [-0.2, 0) is 6.54 Å². The molecule has 0 aliphatic carbocycles. The molecule has 0 fully saturated rings. The molecule has 2 rings (SSSR count). The lowest BCUT2D eigenvalue weighted by molar-refractivity contribution is -0.394. The third kappa shape index (κ3) is 2.87. The molecular weight excluding hydrogens is 254 g/mol. The van der Waals surface area contributed by atoms with Crippen LogP contribution in [0, 0.1) is 10.1 Å². The maximum atomic E-state index is 11.2. The Hall–Kier alpha value is -2.88. The summed E-state index contributed by atoms with van der Waals surface area (Å²) in [6.07, 6.45) is 2.59. The van der Waals surface area contributed by atoms with Gasteiger partial charge in [0.15, 0.2) is 0 Å². The van der Waals surface area contributed by atoms with Gasteiger partial charge < -0.3 is 10.1 Å². The van der Waals surface area contributed by atoms with Gasteiger partial charge in [0.25, 0.3) is 5.91 Å². The Labute approximate surface area is 106 Å². The molecule has 0 atom stereocenters. The molecule has 2 heterocycles. The van der Waals surface area contributed by atoms with Crippen molar-refractivity contribution < 1.29 is 9.72 Å². The van der Waals surface area contributed by atoms with Gasteiger partial charge in [-0.1, -0.05) is 4.98 Å². The minimum absolute atomic E-state index is 0.214. The molecule has 2 aromatic heterocycles. The highest BCUT2D eigenvalue weighted by atomic mass is 16.6. The zero-order chi connectivity index (χ0) is 13.8. The Balaban J connectivity index is 2.10. The minimum Gasteiger partial charge on any atom is -0.390 e. The maximum absolute atomic E-state index is 11.2. The van der Waals surface area contributed by atoms with Crippen LogP contribution in [0.1, 0.15) is 16.1 Å². The van der Waals surface area contributed by atoms with Crippen molar-refractivity contribution in [1.29, 1.82) is 0 Å². The Morgan fingerprint density at radius 3 is 2.79 bits per heavy atom. The molecule has 0 aromatic carbocycles. The SMILES string of the molecule is NNC(=O)c1ccc(Cn2cnc([N+](=O)[O-])n2)nc1. The molecule has 0 radical (unpaired) electrons. The van der Waals surface area contributed by atoms with Crippen LogP contribution in [0.15, 0.2) is 24.7 Å². The highest BCUT2D eigenvalue weighted by Gasteiger charge is 2.13. The average molecular weight is 263 g/mol. The van der Waals surface area contributed by atoms with E-state index in [0.717, 1.165) is 0 Å². The molecule has 0 aliphatic rings. The number of carbonyl (C=O) groups excluding carboxylic acids is 1. The Kier molecular flexibility index (Phi) is 3.43. The standard InChI is InChI=1S/C9H9N7O3/c10-13-8(17)6-1-2-7(11-3-6)4-15-5-12-9(14-15)16(18)19/h1-3,5H,4,10H2,(H,13,17). The number of nitrogen functional groups attached to an aromatic ring is 1. The summed E-state index contributed by atoms with van der Waals surface area (Å²) < 4.78 is 1.28. The van der Waals surface area contributed by atoms with Crippen molar-refractivity contribution in [2.75, 3.05) is 0 Å². The van der Waals surface area contributed by atoms with E-state index in [1.807, 2.05) is 5.43 Å². The first-order valence-electron chi connectivity index (χ1n) is 5.10. The highest BCUT2D eigenvalue weighted by Crippen LogP contribution is 2.04. The van der Waals surface area contributed by atoms with Gasteiger partial charge in [0.05, 0.1) is 11.3 Å². The summed E-state index contributed by atoms with van der Waals surface area (Å²) in [5.74, 6) is 4.06. The molecule has 10 heteroatoms. The first kappa shape index (κ1) is 12.6. The topological polar surface area (TPSA) is 142 Å². The first-order valence-corrected chi connectivity index (χ1v) is 5.10. The maximum Gasteiger partial charge on any atom is 0.490 e. The van der Waals surface area contributed by atoms with Gasteiger partial charge in [-0.25, -0.2) is 5.84 Å². The normalized spacial score (nSPS) is 10.2. The predicted octanol–water partition coefficient (Wildman–Crippen LogP) is -0.767. The number of hydrogen-bond donors (Lipinski definition) is 2. The number of hydrazine groups is 1. The van der Waals surface area contributed by atoms with Gasteiger partial charge in [-0.05, 0) is 17.1 Å². The molecule has 19 heavy (non-hydrogen) atoms. The Bertz CT molecular complexity index is 607. The van der Waals surface area contributed by atoms with Crippen molar-refractivity contribution in [2.24, 2.45) is 5.84 Å². The summed E-state index contributed by atoms with van der Waals surface area (Å²) in [6, 6.07) is 3.13. The van der Waals surface area contributed by atoms with Crippen LogP contribution in [0.2, 0.25) is 0 Å². The summed E-state index contributed by atoms with van der Waals surface area (Å²) >= 11 is 0. The summed E-state index contributed by atoms with van der Waals surface area (Å²) in [4.78, 5) is 28.5. The molecule has 98 valence electrons. The number of hydrogen-bond acceptors (Lipinski definition) is 7. The van der Waals surface area contributed by atoms with Gasteiger partial charge in [0, 0.05) is 11.3 Å². The van der Waals surface area contributed by atoms with Crippen LogP contribution in [-0.4, -0.2) is 30.6 Å². The number of nitro groups is 1. The molecule has 0 saturated carbocycles. The monoisotopic (exact) mass is 263 g/mol. The summed E-state index contributed by atoms with van der Waals surface area (Å²) in [7, 11) is 0. The van der Waals surface area contributed by atoms with E-state index < -0.39 is 16.8 Å². The molecule has 0 bridgehead atoms. The number of nitrogens with one attached hydrogen (secondary N) is 1. The van der Waals surface area contributed by atoms with Gasteiger partial charge in [0.2, 0.25) is 6.33 Å². The number of nitrogens with two attached hydrogens (primary N) is 1. The summed E-state index contributed by atoms with van der Waals surface area (Å²) in [5, 5.41) is 14.1.